The van der Waals surface area contributed by atoms with Crippen LogP contribution in [0.1, 0.15) is 23.4 Å². The maximum atomic E-state index is 6.00. The van der Waals surface area contributed by atoms with E-state index in [0.29, 0.717) is 0 Å². The summed E-state index contributed by atoms with van der Waals surface area (Å²) in [4.78, 5) is 5.33. The summed E-state index contributed by atoms with van der Waals surface area (Å²) in [6.07, 6.45) is 3.67. The number of nitrogens with zero attached hydrogens (tertiary/aromatic N) is 1. The molecule has 0 unspecified atom stereocenters. The molecule has 2 nitrogen and oxygen atoms in total. The molecule has 0 bridgehead atoms. The van der Waals surface area contributed by atoms with Gasteiger partial charge in [-0.05, 0) is 40.5 Å². The molecular weight excluding hydrogens is 320 g/mol. The van der Waals surface area contributed by atoms with Crippen molar-refractivity contribution >= 4 is 38.9 Å². The number of nitrogens with one attached hydrogen (secondary N) is 1. The Labute approximate surface area is 118 Å². The van der Waals surface area contributed by atoms with Gasteiger partial charge in [0.1, 0.15) is 4.34 Å². The predicted octanol–water partition coefficient (Wildman–Crippen LogP) is 4.41. The van der Waals surface area contributed by atoms with Gasteiger partial charge < -0.3 is 5.32 Å². The third-order valence-electron chi connectivity index (χ3n) is 2.46. The van der Waals surface area contributed by atoms with E-state index >= 15 is 0 Å². The van der Waals surface area contributed by atoms with Crippen LogP contribution in [0.25, 0.3) is 0 Å². The average molecular weight is 332 g/mol. The number of hydrogen-bond donors (Lipinski definition) is 1. The van der Waals surface area contributed by atoms with Gasteiger partial charge in [0, 0.05) is 34.3 Å². The lowest BCUT2D eigenvalue weighted by Gasteiger charge is -2.12. The molecule has 17 heavy (non-hydrogen) atoms. The Balaban J connectivity index is 1.94. The third kappa shape index (κ3) is 3.52. The van der Waals surface area contributed by atoms with Gasteiger partial charge in [-0.3, -0.25) is 4.98 Å². The Morgan fingerprint density at radius 2 is 2.41 bits per heavy atom. The van der Waals surface area contributed by atoms with Crippen LogP contribution in [0, 0.1) is 0 Å². The molecule has 1 atom stereocenters. The van der Waals surface area contributed by atoms with E-state index in [0.717, 1.165) is 15.4 Å². The van der Waals surface area contributed by atoms with Crippen molar-refractivity contribution < 1.29 is 0 Å². The first-order valence-corrected chi connectivity index (χ1v) is 7.22. The van der Waals surface area contributed by atoms with Crippen molar-refractivity contribution in [1.82, 2.24) is 10.3 Å². The lowest BCUT2D eigenvalue weighted by molar-refractivity contribution is 0.577. The minimum absolute atomic E-state index is 0.281. The largest absolute Gasteiger partial charge is 0.305 e. The molecule has 0 spiro atoms. The molecule has 0 aliphatic carbocycles. The van der Waals surface area contributed by atoms with Gasteiger partial charge in [-0.25, -0.2) is 0 Å². The van der Waals surface area contributed by atoms with Gasteiger partial charge in [0.2, 0.25) is 0 Å². The normalized spacial score (nSPS) is 12.6. The maximum Gasteiger partial charge on any atom is 0.107 e. The molecule has 0 saturated heterocycles. The summed E-state index contributed by atoms with van der Waals surface area (Å²) >= 11 is 11.0. The monoisotopic (exact) mass is 330 g/mol. The van der Waals surface area contributed by atoms with Gasteiger partial charge in [-0.15, -0.1) is 11.3 Å². The van der Waals surface area contributed by atoms with Gasteiger partial charge in [0.15, 0.2) is 0 Å². The van der Waals surface area contributed by atoms with E-state index < -0.39 is 0 Å². The molecule has 2 aromatic heterocycles. The molecule has 90 valence electrons. The second-order valence-corrected chi connectivity index (χ2v) is 6.32. The maximum absolute atomic E-state index is 6.00. The Kier molecular flexibility index (Phi) is 4.56. The number of halogens is 2. The van der Waals surface area contributed by atoms with E-state index in [-0.39, 0.29) is 6.04 Å². The quantitative estimate of drug-likeness (QED) is 0.897. The number of thiophene rings is 1. The zero-order valence-electron chi connectivity index (χ0n) is 9.28. The van der Waals surface area contributed by atoms with Crippen LogP contribution >= 0.6 is 38.9 Å². The second-order valence-electron chi connectivity index (χ2n) is 3.72. The first kappa shape index (κ1) is 13.0. The number of aromatic nitrogens is 1. The van der Waals surface area contributed by atoms with Crippen molar-refractivity contribution in [1.29, 1.82) is 0 Å². The highest BCUT2D eigenvalue weighted by molar-refractivity contribution is 9.10. The highest BCUT2D eigenvalue weighted by Crippen LogP contribution is 2.32. The molecule has 5 heteroatoms. The third-order valence-corrected chi connectivity index (χ3v) is 4.94. The van der Waals surface area contributed by atoms with Crippen molar-refractivity contribution in [2.24, 2.45) is 0 Å². The Hall–Kier alpha value is -0.420. The van der Waals surface area contributed by atoms with Gasteiger partial charge in [0.25, 0.3) is 0 Å². The summed E-state index contributed by atoms with van der Waals surface area (Å²) in [7, 11) is 0. The molecule has 0 radical (unpaired) electrons. The first-order chi connectivity index (χ1) is 8.16. The molecular formula is C12H12BrClN2S. The van der Waals surface area contributed by atoms with Gasteiger partial charge >= 0.3 is 0 Å². The Bertz CT molecular complexity index is 467. The first-order valence-electron chi connectivity index (χ1n) is 5.24. The van der Waals surface area contributed by atoms with Gasteiger partial charge in [-0.1, -0.05) is 17.7 Å². The molecule has 0 fully saturated rings. The van der Waals surface area contributed by atoms with Crippen LogP contribution < -0.4 is 5.32 Å². The van der Waals surface area contributed by atoms with Crippen LogP contribution in [0.15, 0.2) is 35.1 Å². The van der Waals surface area contributed by atoms with Crippen LogP contribution in [0.3, 0.4) is 0 Å². The van der Waals surface area contributed by atoms with Gasteiger partial charge in [0.05, 0.1) is 0 Å². The summed E-state index contributed by atoms with van der Waals surface area (Å²) in [6, 6.07) is 6.35. The fourth-order valence-corrected chi connectivity index (χ4v) is 3.22. The van der Waals surface area contributed by atoms with Crippen LogP contribution in [0.4, 0.5) is 0 Å². The molecule has 2 rings (SSSR count). The smallest absolute Gasteiger partial charge is 0.107 e. The lowest BCUT2D eigenvalue weighted by atomic mass is 10.1. The molecule has 0 aromatic carbocycles. The predicted molar refractivity (Wildman–Crippen MR) is 76.5 cm³/mol. The van der Waals surface area contributed by atoms with Crippen molar-refractivity contribution in [2.75, 3.05) is 0 Å². The van der Waals surface area contributed by atoms with Crippen LogP contribution in [-0.4, -0.2) is 4.98 Å². The van der Waals surface area contributed by atoms with Crippen LogP contribution in [-0.2, 0) is 6.54 Å². The Morgan fingerprint density at radius 3 is 3.00 bits per heavy atom. The average Bonchev–Trinajstić information content (AvgIpc) is 2.67. The topological polar surface area (TPSA) is 24.9 Å². The summed E-state index contributed by atoms with van der Waals surface area (Å²) in [5, 5.41) is 3.45. The van der Waals surface area contributed by atoms with Gasteiger partial charge in [-0.2, -0.15) is 0 Å². The fourth-order valence-electron chi connectivity index (χ4n) is 1.48. The lowest BCUT2D eigenvalue weighted by Crippen LogP contribution is -2.17. The van der Waals surface area contributed by atoms with Crippen LogP contribution in [0.2, 0.25) is 4.34 Å². The van der Waals surface area contributed by atoms with Crippen molar-refractivity contribution in [3.8, 4) is 0 Å². The van der Waals surface area contributed by atoms with Crippen molar-refractivity contribution in [3.05, 3.63) is 49.8 Å². The second kappa shape index (κ2) is 5.96. The number of rotatable bonds is 4. The number of hydrogen-bond acceptors (Lipinski definition) is 3. The zero-order valence-corrected chi connectivity index (χ0v) is 12.4. The highest BCUT2D eigenvalue weighted by atomic mass is 79.9. The summed E-state index contributed by atoms with van der Waals surface area (Å²) in [5.74, 6) is 0. The zero-order chi connectivity index (χ0) is 12.3. The number of pyridine rings is 1. The molecule has 1 N–H and O–H groups in total. The summed E-state index contributed by atoms with van der Waals surface area (Å²) in [6.45, 7) is 2.94. The van der Waals surface area contributed by atoms with E-state index in [4.69, 9.17) is 11.6 Å². The van der Waals surface area contributed by atoms with Crippen molar-refractivity contribution in [3.63, 3.8) is 0 Å². The minimum Gasteiger partial charge on any atom is -0.305 e. The Morgan fingerprint density at radius 1 is 1.59 bits per heavy atom. The van der Waals surface area contributed by atoms with E-state index in [1.165, 1.54) is 10.4 Å². The van der Waals surface area contributed by atoms with E-state index in [1.807, 2.05) is 12.3 Å². The van der Waals surface area contributed by atoms with E-state index in [1.54, 1.807) is 17.5 Å². The molecule has 0 aliphatic rings. The van der Waals surface area contributed by atoms with E-state index in [2.05, 4.69) is 45.3 Å². The minimum atomic E-state index is 0.281. The molecule has 0 aliphatic heterocycles. The summed E-state index contributed by atoms with van der Waals surface area (Å²) < 4.78 is 1.77. The molecule has 2 aromatic rings. The van der Waals surface area contributed by atoms with Crippen molar-refractivity contribution in [2.45, 2.75) is 19.5 Å². The SMILES string of the molecule is C[C@@H](NCc1cc(Br)c(Cl)s1)c1cccnc1. The molecule has 0 saturated carbocycles. The molecule has 0 amide bonds. The fraction of sp³-hybridized carbons (Fsp3) is 0.250. The highest BCUT2D eigenvalue weighted by Gasteiger charge is 2.07. The van der Waals surface area contributed by atoms with E-state index in [9.17, 15) is 0 Å². The van der Waals surface area contributed by atoms with Crippen LogP contribution in [0.5, 0.6) is 0 Å². The summed E-state index contributed by atoms with van der Waals surface area (Å²) in [5.41, 5.74) is 1.19. The molecule has 2 heterocycles. The standard InChI is InChI=1S/C12H12BrClN2S/c1-8(9-3-2-4-15-6-9)16-7-10-5-11(13)12(14)17-10/h2-6,8,16H,7H2,1H3/t8-/m1/s1.